The van der Waals surface area contributed by atoms with Crippen LogP contribution in [0.25, 0.3) is 0 Å². The van der Waals surface area contributed by atoms with Crippen LogP contribution in [0.4, 0.5) is 0 Å². The number of nitrogens with zero attached hydrogens (tertiary/aromatic N) is 3. The Bertz CT molecular complexity index is 348. The zero-order chi connectivity index (χ0) is 12.1. The summed E-state index contributed by atoms with van der Waals surface area (Å²) in [5.41, 5.74) is 0.946. The van der Waals surface area contributed by atoms with E-state index in [4.69, 9.17) is 0 Å². The standard InChI is InChI=1S/C11H20N4O/c1-5-14(3)11(16)9(2)12-8-10-6-7-15(4)13-10/h6-7,9,12H,5,8H2,1-4H3. The number of amides is 1. The zero-order valence-corrected chi connectivity index (χ0v) is 10.4. The fraction of sp³-hybridized carbons (Fsp3) is 0.636. The van der Waals surface area contributed by atoms with Gasteiger partial charge in [-0.25, -0.2) is 0 Å². The van der Waals surface area contributed by atoms with Gasteiger partial charge in [0.05, 0.1) is 11.7 Å². The predicted octanol–water partition coefficient (Wildman–Crippen LogP) is 0.376. The quantitative estimate of drug-likeness (QED) is 0.786. The highest BCUT2D eigenvalue weighted by Crippen LogP contribution is 1.96. The highest BCUT2D eigenvalue weighted by molar-refractivity contribution is 5.81. The van der Waals surface area contributed by atoms with Crippen molar-refractivity contribution < 1.29 is 4.79 Å². The van der Waals surface area contributed by atoms with Gasteiger partial charge in [0, 0.05) is 33.4 Å². The molecular weight excluding hydrogens is 204 g/mol. The molecule has 1 heterocycles. The molecule has 0 saturated heterocycles. The van der Waals surface area contributed by atoms with Gasteiger partial charge in [0.2, 0.25) is 5.91 Å². The Hall–Kier alpha value is -1.36. The third kappa shape index (κ3) is 3.34. The van der Waals surface area contributed by atoms with E-state index in [1.807, 2.05) is 33.2 Å². The first-order chi connectivity index (χ1) is 7.54. The van der Waals surface area contributed by atoms with E-state index in [1.54, 1.807) is 16.6 Å². The van der Waals surface area contributed by atoms with Crippen LogP contribution in [0.15, 0.2) is 12.3 Å². The first kappa shape index (κ1) is 12.7. The first-order valence-corrected chi connectivity index (χ1v) is 5.51. The van der Waals surface area contributed by atoms with E-state index in [2.05, 4.69) is 10.4 Å². The van der Waals surface area contributed by atoms with Gasteiger partial charge >= 0.3 is 0 Å². The summed E-state index contributed by atoms with van der Waals surface area (Å²) < 4.78 is 1.75. The molecular formula is C11H20N4O. The summed E-state index contributed by atoms with van der Waals surface area (Å²) in [4.78, 5) is 13.4. The number of rotatable bonds is 5. The molecule has 5 nitrogen and oxygen atoms in total. The van der Waals surface area contributed by atoms with E-state index in [0.717, 1.165) is 12.2 Å². The van der Waals surface area contributed by atoms with Crippen molar-refractivity contribution in [2.24, 2.45) is 7.05 Å². The maximum Gasteiger partial charge on any atom is 0.239 e. The van der Waals surface area contributed by atoms with Crippen molar-refractivity contribution in [1.29, 1.82) is 0 Å². The minimum absolute atomic E-state index is 0.110. The van der Waals surface area contributed by atoms with Gasteiger partial charge in [0.15, 0.2) is 0 Å². The molecule has 0 aromatic carbocycles. The van der Waals surface area contributed by atoms with Crippen molar-refractivity contribution in [3.8, 4) is 0 Å². The van der Waals surface area contributed by atoms with Gasteiger partial charge in [-0.3, -0.25) is 9.48 Å². The second-order valence-electron chi connectivity index (χ2n) is 3.94. The number of likely N-dealkylation sites (N-methyl/N-ethyl adjacent to an activating group) is 1. The SMILES string of the molecule is CCN(C)C(=O)C(C)NCc1ccn(C)n1. The predicted molar refractivity (Wildman–Crippen MR) is 62.8 cm³/mol. The van der Waals surface area contributed by atoms with Gasteiger partial charge < -0.3 is 10.2 Å². The molecule has 1 rings (SSSR count). The third-order valence-corrected chi connectivity index (χ3v) is 2.58. The van der Waals surface area contributed by atoms with Crippen LogP contribution in [-0.4, -0.2) is 40.2 Å². The van der Waals surface area contributed by atoms with E-state index in [1.165, 1.54) is 0 Å². The largest absolute Gasteiger partial charge is 0.345 e. The van der Waals surface area contributed by atoms with Crippen LogP contribution in [-0.2, 0) is 18.4 Å². The minimum atomic E-state index is -0.174. The highest BCUT2D eigenvalue weighted by atomic mass is 16.2. The highest BCUT2D eigenvalue weighted by Gasteiger charge is 2.15. The number of nitrogens with one attached hydrogen (secondary N) is 1. The summed E-state index contributed by atoms with van der Waals surface area (Å²) in [6.07, 6.45) is 1.89. The Balaban J connectivity index is 2.40. The molecule has 5 heteroatoms. The van der Waals surface area contributed by atoms with Crippen molar-refractivity contribution in [1.82, 2.24) is 20.0 Å². The molecule has 1 N–H and O–H groups in total. The van der Waals surface area contributed by atoms with Crippen molar-refractivity contribution >= 4 is 5.91 Å². The van der Waals surface area contributed by atoms with Gasteiger partial charge in [-0.15, -0.1) is 0 Å². The third-order valence-electron chi connectivity index (χ3n) is 2.58. The lowest BCUT2D eigenvalue weighted by Gasteiger charge is -2.20. The van der Waals surface area contributed by atoms with Crippen LogP contribution in [0.3, 0.4) is 0 Å². The Morgan fingerprint density at radius 1 is 1.69 bits per heavy atom. The molecule has 0 saturated carbocycles. The summed E-state index contributed by atoms with van der Waals surface area (Å²) in [7, 11) is 3.68. The molecule has 1 atom stereocenters. The van der Waals surface area contributed by atoms with Crippen molar-refractivity contribution in [3.63, 3.8) is 0 Å². The molecule has 1 amide bonds. The maximum atomic E-state index is 11.7. The molecule has 0 radical (unpaired) electrons. The summed E-state index contributed by atoms with van der Waals surface area (Å²) in [6.45, 7) is 5.18. The van der Waals surface area contributed by atoms with Crippen LogP contribution in [0, 0.1) is 0 Å². The fourth-order valence-corrected chi connectivity index (χ4v) is 1.39. The number of aromatic nitrogens is 2. The summed E-state index contributed by atoms with van der Waals surface area (Å²) in [6, 6.07) is 1.76. The molecule has 1 aromatic rings. The van der Waals surface area contributed by atoms with Crippen LogP contribution in [0.5, 0.6) is 0 Å². The van der Waals surface area contributed by atoms with Crippen LogP contribution in [0.2, 0.25) is 0 Å². The molecule has 1 aromatic heterocycles. The minimum Gasteiger partial charge on any atom is -0.345 e. The lowest BCUT2D eigenvalue weighted by atomic mass is 10.3. The smallest absolute Gasteiger partial charge is 0.239 e. The van der Waals surface area contributed by atoms with E-state index < -0.39 is 0 Å². The van der Waals surface area contributed by atoms with Crippen LogP contribution < -0.4 is 5.32 Å². The molecule has 16 heavy (non-hydrogen) atoms. The molecule has 1 unspecified atom stereocenters. The topological polar surface area (TPSA) is 50.2 Å². The van der Waals surface area contributed by atoms with Gasteiger partial charge in [-0.1, -0.05) is 0 Å². The van der Waals surface area contributed by atoms with Crippen molar-refractivity contribution in [3.05, 3.63) is 18.0 Å². The normalized spacial score (nSPS) is 12.5. The van der Waals surface area contributed by atoms with Gasteiger partial charge in [0.25, 0.3) is 0 Å². The summed E-state index contributed by atoms with van der Waals surface area (Å²) in [5, 5.41) is 7.40. The van der Waals surface area contributed by atoms with Crippen molar-refractivity contribution in [2.45, 2.75) is 26.4 Å². The number of carbonyl (C=O) groups is 1. The molecule has 0 bridgehead atoms. The molecule has 90 valence electrons. The number of hydrogen-bond donors (Lipinski definition) is 1. The average molecular weight is 224 g/mol. The van der Waals surface area contributed by atoms with Crippen molar-refractivity contribution in [2.75, 3.05) is 13.6 Å². The summed E-state index contributed by atoms with van der Waals surface area (Å²) >= 11 is 0. The van der Waals surface area contributed by atoms with Crippen LogP contribution in [0.1, 0.15) is 19.5 Å². The van der Waals surface area contributed by atoms with Gasteiger partial charge in [0.1, 0.15) is 0 Å². The number of hydrogen-bond acceptors (Lipinski definition) is 3. The molecule has 0 aliphatic rings. The Morgan fingerprint density at radius 3 is 2.88 bits per heavy atom. The summed E-state index contributed by atoms with van der Waals surface area (Å²) in [5.74, 6) is 0.110. The fourth-order valence-electron chi connectivity index (χ4n) is 1.39. The number of aryl methyl sites for hydroxylation is 1. The lowest BCUT2D eigenvalue weighted by molar-refractivity contribution is -0.131. The van der Waals surface area contributed by atoms with E-state index >= 15 is 0 Å². The van der Waals surface area contributed by atoms with Gasteiger partial charge in [-0.05, 0) is 19.9 Å². The first-order valence-electron chi connectivity index (χ1n) is 5.51. The van der Waals surface area contributed by atoms with Crippen LogP contribution >= 0.6 is 0 Å². The lowest BCUT2D eigenvalue weighted by Crippen LogP contribution is -2.42. The van der Waals surface area contributed by atoms with E-state index in [9.17, 15) is 4.79 Å². The maximum absolute atomic E-state index is 11.7. The molecule has 0 fully saturated rings. The monoisotopic (exact) mass is 224 g/mol. The second-order valence-corrected chi connectivity index (χ2v) is 3.94. The Labute approximate surface area is 96.4 Å². The Kier molecular flexibility index (Phi) is 4.49. The van der Waals surface area contributed by atoms with E-state index in [0.29, 0.717) is 6.54 Å². The van der Waals surface area contributed by atoms with E-state index in [-0.39, 0.29) is 11.9 Å². The van der Waals surface area contributed by atoms with Gasteiger partial charge in [-0.2, -0.15) is 5.10 Å². The Morgan fingerprint density at radius 2 is 2.38 bits per heavy atom. The second kappa shape index (κ2) is 5.65. The average Bonchev–Trinajstić information content (AvgIpc) is 2.69. The molecule has 0 aliphatic heterocycles. The zero-order valence-electron chi connectivity index (χ0n) is 10.4. The molecule has 0 aliphatic carbocycles. The number of carbonyl (C=O) groups excluding carboxylic acids is 1. The molecule has 0 spiro atoms.